The Bertz CT molecular complexity index is 1010. The minimum atomic E-state index is -4.25. The maximum Gasteiger partial charge on any atom is 0.294 e. The summed E-state index contributed by atoms with van der Waals surface area (Å²) < 4.78 is 55.5. The van der Waals surface area contributed by atoms with Crippen molar-refractivity contribution in [1.82, 2.24) is 0 Å². The van der Waals surface area contributed by atoms with Crippen molar-refractivity contribution in [1.29, 1.82) is 0 Å². The van der Waals surface area contributed by atoms with E-state index >= 15 is 0 Å². The van der Waals surface area contributed by atoms with E-state index in [9.17, 15) is 13.0 Å². The minimum absolute atomic E-state index is 0.132. The van der Waals surface area contributed by atoms with Crippen LogP contribution < -0.4 is 9.47 Å². The van der Waals surface area contributed by atoms with Crippen LogP contribution >= 0.6 is 0 Å². The van der Waals surface area contributed by atoms with Gasteiger partial charge in [-0.05, 0) is 62.1 Å². The van der Waals surface area contributed by atoms with Gasteiger partial charge in [0.25, 0.3) is 10.1 Å². The molecule has 0 amide bonds. The zero-order valence-corrected chi connectivity index (χ0v) is 20.2. The summed E-state index contributed by atoms with van der Waals surface area (Å²) in [6, 6.07) is 9.63. The van der Waals surface area contributed by atoms with Crippen LogP contribution in [0.15, 0.2) is 41.3 Å². The molecule has 1 fully saturated rings. The van der Waals surface area contributed by atoms with E-state index in [0.29, 0.717) is 19.0 Å². The first-order valence-corrected chi connectivity index (χ1v) is 12.2. The molecule has 0 bridgehead atoms. The second kappa shape index (κ2) is 9.39. The van der Waals surface area contributed by atoms with Crippen LogP contribution in [0.3, 0.4) is 0 Å². The summed E-state index contributed by atoms with van der Waals surface area (Å²) in [5.74, 6) is 1.67. The van der Waals surface area contributed by atoms with Gasteiger partial charge < -0.3 is 18.9 Å². The van der Waals surface area contributed by atoms with Crippen LogP contribution in [0, 0.1) is 0 Å². The maximum atomic E-state index is 11.3. The molecule has 1 saturated heterocycles. The molecule has 8 heteroatoms. The van der Waals surface area contributed by atoms with E-state index in [2.05, 4.69) is 27.7 Å². The molecule has 0 saturated carbocycles. The fourth-order valence-electron chi connectivity index (χ4n) is 3.54. The van der Waals surface area contributed by atoms with Gasteiger partial charge in [0.05, 0.1) is 11.5 Å². The molecule has 176 valence electrons. The standard InChI is InChI=1S/C24H32O7S/c1-15(2)21-11-18(28-13-19-14-29-24(5,6)31-19)12-22(16(3)4)23(21)30-17-7-9-20(10-8-17)32(25,26)27/h7-12,15-16,19H,13-14H2,1-6H3,(H,25,26,27). The molecule has 0 radical (unpaired) electrons. The first-order valence-electron chi connectivity index (χ1n) is 10.7. The fourth-order valence-corrected chi connectivity index (χ4v) is 4.02. The van der Waals surface area contributed by atoms with Crippen molar-refractivity contribution in [3.8, 4) is 17.2 Å². The third kappa shape index (κ3) is 6.01. The zero-order valence-electron chi connectivity index (χ0n) is 19.4. The molecule has 1 aliphatic heterocycles. The minimum Gasteiger partial charge on any atom is -0.491 e. The number of hydrogen-bond acceptors (Lipinski definition) is 6. The van der Waals surface area contributed by atoms with Crippen LogP contribution in [0.25, 0.3) is 0 Å². The van der Waals surface area contributed by atoms with Crippen LogP contribution in [0.1, 0.15) is 64.5 Å². The van der Waals surface area contributed by atoms with Crippen molar-refractivity contribution in [3.05, 3.63) is 47.5 Å². The van der Waals surface area contributed by atoms with Crippen molar-refractivity contribution in [3.63, 3.8) is 0 Å². The molecule has 1 heterocycles. The van der Waals surface area contributed by atoms with Crippen LogP contribution in [0.2, 0.25) is 0 Å². The molecule has 7 nitrogen and oxygen atoms in total. The predicted molar refractivity (Wildman–Crippen MR) is 121 cm³/mol. The normalized spacial score (nSPS) is 18.3. The maximum absolute atomic E-state index is 11.3. The van der Waals surface area contributed by atoms with Crippen LogP contribution in [0.4, 0.5) is 0 Å². The fraction of sp³-hybridized carbons (Fsp3) is 0.500. The molecule has 1 aliphatic rings. The highest BCUT2D eigenvalue weighted by Gasteiger charge is 2.33. The van der Waals surface area contributed by atoms with Crippen LogP contribution in [0.5, 0.6) is 17.2 Å². The molecule has 1 N–H and O–H groups in total. The number of ether oxygens (including phenoxy) is 4. The molecular weight excluding hydrogens is 432 g/mol. The van der Waals surface area contributed by atoms with E-state index in [-0.39, 0.29) is 22.8 Å². The number of hydrogen-bond donors (Lipinski definition) is 1. The Kier molecular flexibility index (Phi) is 7.19. The van der Waals surface area contributed by atoms with E-state index in [1.54, 1.807) is 0 Å². The predicted octanol–water partition coefficient (Wildman–Crippen LogP) is 5.50. The molecule has 32 heavy (non-hydrogen) atoms. The molecule has 2 aromatic rings. The Morgan fingerprint density at radius 2 is 1.59 bits per heavy atom. The largest absolute Gasteiger partial charge is 0.491 e. The molecule has 1 unspecified atom stereocenters. The smallest absolute Gasteiger partial charge is 0.294 e. The second-order valence-electron chi connectivity index (χ2n) is 9.05. The third-order valence-corrected chi connectivity index (χ3v) is 6.08. The van der Waals surface area contributed by atoms with E-state index in [4.69, 9.17) is 18.9 Å². The summed E-state index contributed by atoms with van der Waals surface area (Å²) in [5.41, 5.74) is 1.96. The SMILES string of the molecule is CC(C)c1cc(OCC2COC(C)(C)O2)cc(C(C)C)c1Oc1ccc(S(=O)(=O)O)cc1. The molecular formula is C24H32O7S. The van der Waals surface area contributed by atoms with E-state index in [1.807, 2.05) is 26.0 Å². The van der Waals surface area contributed by atoms with Crippen molar-refractivity contribution in [2.24, 2.45) is 0 Å². The van der Waals surface area contributed by atoms with Crippen LogP contribution in [-0.2, 0) is 19.6 Å². The molecule has 0 spiro atoms. The summed E-state index contributed by atoms with van der Waals surface area (Å²) >= 11 is 0. The summed E-state index contributed by atoms with van der Waals surface area (Å²) in [7, 11) is -4.25. The van der Waals surface area contributed by atoms with E-state index in [1.165, 1.54) is 24.3 Å². The Balaban J connectivity index is 1.88. The Labute approximate surface area is 190 Å². The molecule has 1 atom stereocenters. The average Bonchev–Trinajstić information content (AvgIpc) is 3.05. The van der Waals surface area contributed by atoms with E-state index < -0.39 is 15.9 Å². The Hall–Kier alpha value is -2.13. The molecule has 0 aromatic heterocycles. The molecule has 2 aromatic carbocycles. The summed E-state index contributed by atoms with van der Waals surface area (Å²) in [4.78, 5) is -0.178. The monoisotopic (exact) mass is 464 g/mol. The lowest BCUT2D eigenvalue weighted by atomic mass is 9.93. The lowest BCUT2D eigenvalue weighted by Crippen LogP contribution is -2.25. The van der Waals surface area contributed by atoms with Gasteiger partial charge in [-0.1, -0.05) is 27.7 Å². The van der Waals surface area contributed by atoms with Gasteiger partial charge in [-0.25, -0.2) is 0 Å². The van der Waals surface area contributed by atoms with Gasteiger partial charge in [0, 0.05) is 11.1 Å². The summed E-state index contributed by atoms with van der Waals surface area (Å²) in [5, 5.41) is 0. The third-order valence-electron chi connectivity index (χ3n) is 5.21. The molecule has 3 rings (SSSR count). The van der Waals surface area contributed by atoms with Gasteiger partial charge in [-0.15, -0.1) is 0 Å². The van der Waals surface area contributed by atoms with Gasteiger partial charge in [0.1, 0.15) is 30.0 Å². The van der Waals surface area contributed by atoms with Gasteiger partial charge >= 0.3 is 0 Å². The van der Waals surface area contributed by atoms with Crippen molar-refractivity contribution >= 4 is 10.1 Å². The van der Waals surface area contributed by atoms with Crippen molar-refractivity contribution < 1.29 is 31.9 Å². The molecule has 0 aliphatic carbocycles. The Morgan fingerprint density at radius 1 is 1.03 bits per heavy atom. The number of benzene rings is 2. The van der Waals surface area contributed by atoms with Gasteiger partial charge in [0.15, 0.2) is 5.79 Å². The summed E-state index contributed by atoms with van der Waals surface area (Å²) in [6.07, 6.45) is -0.132. The topological polar surface area (TPSA) is 91.3 Å². The average molecular weight is 465 g/mol. The summed E-state index contributed by atoms with van der Waals surface area (Å²) in [6.45, 7) is 13.0. The highest BCUT2D eigenvalue weighted by Crippen LogP contribution is 2.41. The quantitative estimate of drug-likeness (QED) is 0.516. The lowest BCUT2D eigenvalue weighted by molar-refractivity contribution is -0.141. The highest BCUT2D eigenvalue weighted by atomic mass is 32.2. The van der Waals surface area contributed by atoms with Crippen LogP contribution in [-0.4, -0.2) is 38.1 Å². The second-order valence-corrected chi connectivity index (χ2v) is 10.5. The van der Waals surface area contributed by atoms with Crippen molar-refractivity contribution in [2.45, 2.75) is 70.2 Å². The lowest BCUT2D eigenvalue weighted by Gasteiger charge is -2.22. The first-order chi connectivity index (χ1) is 14.9. The zero-order chi connectivity index (χ0) is 23.7. The Morgan fingerprint density at radius 3 is 2.03 bits per heavy atom. The van der Waals surface area contributed by atoms with Gasteiger partial charge in [-0.3, -0.25) is 4.55 Å². The van der Waals surface area contributed by atoms with Gasteiger partial charge in [0.2, 0.25) is 0 Å². The first kappa shape index (κ1) is 24.5. The van der Waals surface area contributed by atoms with Gasteiger partial charge in [-0.2, -0.15) is 8.42 Å². The van der Waals surface area contributed by atoms with E-state index in [0.717, 1.165) is 22.6 Å². The highest BCUT2D eigenvalue weighted by molar-refractivity contribution is 7.85. The van der Waals surface area contributed by atoms with Crippen molar-refractivity contribution in [2.75, 3.05) is 13.2 Å². The number of rotatable bonds is 8.